The molecule has 0 aliphatic rings. The van der Waals surface area contributed by atoms with Crippen molar-refractivity contribution in [1.29, 1.82) is 0 Å². The topological polar surface area (TPSA) is 100 Å². The Morgan fingerprint density at radius 2 is 1.50 bits per heavy atom. The first-order chi connectivity index (χ1) is 6.69. The van der Waals surface area contributed by atoms with Crippen molar-refractivity contribution < 1.29 is 39.1 Å². The summed E-state index contributed by atoms with van der Waals surface area (Å²) in [5, 5.41) is -7.07. The Kier molecular flexibility index (Phi) is 3.77. The summed E-state index contributed by atoms with van der Waals surface area (Å²) >= 11 is -4.29. The first-order valence-electron chi connectivity index (χ1n) is 3.26. The van der Waals surface area contributed by atoms with Crippen molar-refractivity contribution in [2.24, 2.45) is 5.14 Å². The van der Waals surface area contributed by atoms with Gasteiger partial charge in [0.05, 0.1) is 0 Å². The van der Waals surface area contributed by atoms with Gasteiger partial charge in [0, 0.05) is 0 Å². The van der Waals surface area contributed by atoms with Crippen molar-refractivity contribution in [2.75, 3.05) is 0 Å². The average Bonchev–Trinajstić information content (AvgIpc) is 2.00. The lowest BCUT2D eigenvalue weighted by atomic mass is 10.2. The lowest BCUT2D eigenvalue weighted by molar-refractivity contribution is -0.203. The van der Waals surface area contributed by atoms with Crippen molar-refractivity contribution in [3.8, 4) is 0 Å². The van der Waals surface area contributed by atoms with Crippen LogP contribution in [-0.4, -0.2) is 33.4 Å². The number of halogens is 5. The van der Waals surface area contributed by atoms with Gasteiger partial charge < -0.3 is 4.55 Å². The van der Waals surface area contributed by atoms with Crippen LogP contribution in [0.2, 0.25) is 0 Å². The number of hydrogen-bond acceptors (Lipinski definition) is 4. The molecule has 0 aromatic rings. The number of alkyl halides is 5. The quantitative estimate of drug-likeness (QED) is 0.584. The zero-order valence-corrected chi connectivity index (χ0v) is 9.05. The number of primary sulfonamides is 1. The van der Waals surface area contributed by atoms with Gasteiger partial charge in [0.15, 0.2) is 0 Å². The molecule has 0 radical (unpaired) electrons. The Balaban J connectivity index is 5.82. The second-order valence-corrected chi connectivity index (χ2v) is 5.63. The lowest BCUT2D eigenvalue weighted by Crippen LogP contribution is -2.61. The van der Waals surface area contributed by atoms with E-state index in [9.17, 15) is 39.1 Å². The van der Waals surface area contributed by atoms with Gasteiger partial charge in [0.1, 0.15) is 0 Å². The summed E-state index contributed by atoms with van der Waals surface area (Å²) in [7, 11) is -6.17. The highest BCUT2D eigenvalue weighted by molar-refractivity contribution is 7.90. The summed E-state index contributed by atoms with van der Waals surface area (Å²) in [5.41, 5.74) is 0. The van der Waals surface area contributed by atoms with E-state index in [4.69, 9.17) is 0 Å². The molecule has 0 rings (SSSR count). The number of rotatable bonds is 4. The van der Waals surface area contributed by atoms with Gasteiger partial charge in [-0.25, -0.2) is 17.9 Å². The van der Waals surface area contributed by atoms with E-state index >= 15 is 0 Å². The fraction of sp³-hybridized carbons (Fsp3) is 1.00. The van der Waals surface area contributed by atoms with Crippen LogP contribution >= 0.6 is 0 Å². The first kappa shape index (κ1) is 15.7. The van der Waals surface area contributed by atoms with Crippen LogP contribution in [0.25, 0.3) is 0 Å². The van der Waals surface area contributed by atoms with E-state index in [-0.39, 0.29) is 0 Å². The Hall–Kier alpha value is -0.330. The normalized spacial score (nSPS) is 20.2. The van der Waals surface area contributed by atoms with Crippen molar-refractivity contribution in [3.63, 3.8) is 0 Å². The number of sulfonamides is 1. The van der Waals surface area contributed by atoms with E-state index < -0.39 is 44.2 Å². The van der Waals surface area contributed by atoms with Crippen molar-refractivity contribution in [3.05, 3.63) is 0 Å². The molecule has 0 saturated heterocycles. The van der Waals surface area contributed by atoms with Crippen LogP contribution in [0, 0.1) is 0 Å². The fourth-order valence-corrected chi connectivity index (χ4v) is 1.49. The average molecular weight is 290 g/mol. The van der Waals surface area contributed by atoms with Crippen LogP contribution in [0.3, 0.4) is 0 Å². The van der Waals surface area contributed by atoms with E-state index in [1.165, 1.54) is 0 Å². The second kappa shape index (κ2) is 3.85. The number of nitrogens with two attached hydrogens (primary N) is 1. The van der Waals surface area contributed by atoms with Crippen LogP contribution in [0.4, 0.5) is 22.0 Å². The van der Waals surface area contributed by atoms with Gasteiger partial charge in [0.2, 0.25) is 5.00 Å². The molecular weight excluding hydrogens is 285 g/mol. The van der Waals surface area contributed by atoms with Gasteiger partial charge in [-0.3, -0.25) is 4.21 Å². The Morgan fingerprint density at radius 3 is 1.69 bits per heavy atom. The third-order valence-electron chi connectivity index (χ3n) is 1.60. The minimum Gasteiger partial charge on any atom is -0.770 e. The molecule has 0 bridgehead atoms. The SMILES string of the molecule is CC(F)(S(=O)[O-])C(F)(F)C(F)(F)S(N)(=O)=O. The molecule has 0 aliphatic carbocycles. The van der Waals surface area contributed by atoms with Crippen molar-refractivity contribution in [1.82, 2.24) is 0 Å². The van der Waals surface area contributed by atoms with Gasteiger partial charge in [0.25, 0.3) is 10.0 Å². The number of hydrogen-bond donors (Lipinski definition) is 1. The molecule has 2 atom stereocenters. The molecule has 12 heteroatoms. The molecule has 0 saturated carbocycles. The van der Waals surface area contributed by atoms with Gasteiger partial charge in [-0.1, -0.05) is 0 Å². The van der Waals surface area contributed by atoms with Crippen LogP contribution in [-0.2, 0) is 21.1 Å². The molecule has 0 aromatic heterocycles. The van der Waals surface area contributed by atoms with Gasteiger partial charge in [-0.05, 0) is 18.0 Å². The first-order valence-corrected chi connectivity index (χ1v) is 5.88. The van der Waals surface area contributed by atoms with Crippen molar-refractivity contribution >= 4 is 21.1 Å². The van der Waals surface area contributed by atoms with Crippen LogP contribution in [0.5, 0.6) is 0 Å². The van der Waals surface area contributed by atoms with E-state index in [0.29, 0.717) is 0 Å². The van der Waals surface area contributed by atoms with E-state index in [1.54, 1.807) is 0 Å². The molecule has 0 amide bonds. The summed E-state index contributed by atoms with van der Waals surface area (Å²) in [6.45, 7) is -0.408. The molecule has 0 fully saturated rings. The Morgan fingerprint density at radius 1 is 1.19 bits per heavy atom. The molecule has 0 spiro atoms. The molecule has 0 aliphatic heterocycles. The third-order valence-corrected chi connectivity index (χ3v) is 3.45. The highest BCUT2D eigenvalue weighted by Gasteiger charge is 2.74. The van der Waals surface area contributed by atoms with Crippen molar-refractivity contribution in [2.45, 2.75) is 23.1 Å². The minimum absolute atomic E-state index is 0.408. The smallest absolute Gasteiger partial charge is 0.424 e. The van der Waals surface area contributed by atoms with Crippen LogP contribution < -0.4 is 5.14 Å². The summed E-state index contributed by atoms with van der Waals surface area (Å²) in [5.74, 6) is -6.03. The zero-order valence-electron chi connectivity index (χ0n) is 7.42. The van der Waals surface area contributed by atoms with E-state index in [0.717, 1.165) is 0 Å². The molecule has 2 unspecified atom stereocenters. The maximum absolute atomic E-state index is 12.9. The highest BCUT2D eigenvalue weighted by Crippen LogP contribution is 2.47. The zero-order chi connectivity index (χ0) is 13.6. The molecule has 98 valence electrons. The standard InChI is InChI=1S/C4H6F5NO4S2/c1-2(5,15(11)12)3(6,7)4(8,9)16(10,13)14/h1H3,(H,11,12)(H2,10,13,14)/p-1. The second-order valence-electron chi connectivity index (χ2n) is 2.79. The van der Waals surface area contributed by atoms with Gasteiger partial charge >= 0.3 is 11.2 Å². The molecule has 16 heavy (non-hydrogen) atoms. The lowest BCUT2D eigenvalue weighted by Gasteiger charge is -2.35. The maximum Gasteiger partial charge on any atom is 0.424 e. The summed E-state index contributed by atoms with van der Waals surface area (Å²) in [4.78, 5) is 0. The van der Waals surface area contributed by atoms with Gasteiger partial charge in [-0.2, -0.15) is 17.6 Å². The summed E-state index contributed by atoms with van der Waals surface area (Å²) in [6.07, 6.45) is 0. The largest absolute Gasteiger partial charge is 0.770 e. The molecule has 0 aromatic carbocycles. The molecular formula is C4H5F5NO4S2-. The molecule has 2 N–H and O–H groups in total. The minimum atomic E-state index is -6.17. The summed E-state index contributed by atoms with van der Waals surface area (Å²) in [6, 6.07) is 0. The molecule has 0 heterocycles. The van der Waals surface area contributed by atoms with Gasteiger partial charge in [-0.15, -0.1) is 0 Å². The summed E-state index contributed by atoms with van der Waals surface area (Å²) < 4.78 is 104. The monoisotopic (exact) mass is 290 g/mol. The third kappa shape index (κ3) is 2.06. The Bertz CT molecular complexity index is 405. The van der Waals surface area contributed by atoms with Crippen LogP contribution in [0.15, 0.2) is 0 Å². The predicted molar refractivity (Wildman–Crippen MR) is 41.4 cm³/mol. The molecule has 5 nitrogen and oxygen atoms in total. The maximum atomic E-state index is 12.9. The van der Waals surface area contributed by atoms with E-state index in [2.05, 4.69) is 5.14 Å². The van der Waals surface area contributed by atoms with Crippen LogP contribution in [0.1, 0.15) is 6.92 Å². The predicted octanol–water partition coefficient (Wildman–Crippen LogP) is 0.0678. The Labute approximate surface area is 89.1 Å². The fourth-order valence-electron chi connectivity index (χ4n) is 0.543. The van der Waals surface area contributed by atoms with E-state index in [1.807, 2.05) is 0 Å². The highest BCUT2D eigenvalue weighted by atomic mass is 32.2.